The second-order valence-corrected chi connectivity index (χ2v) is 5.78. The Morgan fingerprint density at radius 3 is 2.89 bits per heavy atom. The third-order valence-electron chi connectivity index (χ3n) is 3.24. The first-order valence-corrected chi connectivity index (χ1v) is 8.35. The molecule has 1 heterocycles. The summed E-state index contributed by atoms with van der Waals surface area (Å²) in [5.74, 6) is 2.26. The molecule has 0 aliphatic rings. The van der Waals surface area contributed by atoms with Gasteiger partial charge in [0, 0.05) is 24.1 Å². The van der Waals surface area contributed by atoms with Crippen molar-refractivity contribution in [2.75, 3.05) is 17.9 Å². The van der Waals surface area contributed by atoms with Crippen LogP contribution in [0.15, 0.2) is 18.2 Å². The van der Waals surface area contributed by atoms with Crippen LogP contribution in [0.2, 0.25) is 0 Å². The highest BCUT2D eigenvalue weighted by molar-refractivity contribution is 7.98. The largest absolute Gasteiger partial charge is 0.324 e. The third-order valence-corrected chi connectivity index (χ3v) is 4.15. The van der Waals surface area contributed by atoms with E-state index in [1.54, 1.807) is 23.9 Å². The van der Waals surface area contributed by atoms with Gasteiger partial charge in [-0.2, -0.15) is 11.8 Å². The molecule has 0 N–H and O–H groups in total. The maximum absolute atomic E-state index is 13.5. The van der Waals surface area contributed by atoms with Crippen molar-refractivity contribution in [1.29, 1.82) is 0 Å². The molecule has 0 radical (unpaired) electrons. The zero-order valence-electron chi connectivity index (χ0n) is 11.2. The summed E-state index contributed by atoms with van der Waals surface area (Å²) in [6.07, 6.45) is 3.80. The lowest BCUT2D eigenvalue weighted by Gasteiger charge is -2.19. The molecule has 1 atom stereocenters. The van der Waals surface area contributed by atoms with E-state index in [1.807, 2.05) is 0 Å². The van der Waals surface area contributed by atoms with Crippen molar-refractivity contribution < 1.29 is 4.39 Å². The van der Waals surface area contributed by atoms with Gasteiger partial charge in [0.15, 0.2) is 0 Å². The van der Waals surface area contributed by atoms with Gasteiger partial charge in [0.2, 0.25) is 0 Å². The van der Waals surface area contributed by atoms with Crippen molar-refractivity contribution >= 4 is 34.4 Å². The number of aromatic nitrogens is 2. The monoisotopic (exact) mass is 300 g/mol. The first-order valence-electron chi connectivity index (χ1n) is 6.42. The zero-order chi connectivity index (χ0) is 13.8. The molecule has 0 bridgehead atoms. The van der Waals surface area contributed by atoms with Gasteiger partial charge in [-0.25, -0.2) is 9.37 Å². The molecule has 0 aliphatic heterocycles. The Kier molecular flexibility index (Phi) is 5.11. The Morgan fingerprint density at radius 2 is 2.26 bits per heavy atom. The second kappa shape index (κ2) is 6.62. The fourth-order valence-electron chi connectivity index (χ4n) is 2.35. The molecular formula is C14H18ClFN2S. The smallest absolute Gasteiger partial charge is 0.125 e. The van der Waals surface area contributed by atoms with Crippen molar-refractivity contribution in [3.8, 4) is 0 Å². The van der Waals surface area contributed by atoms with E-state index in [4.69, 9.17) is 11.6 Å². The van der Waals surface area contributed by atoms with Gasteiger partial charge in [0.25, 0.3) is 0 Å². The topological polar surface area (TPSA) is 17.8 Å². The molecular weight excluding hydrogens is 283 g/mol. The minimum absolute atomic E-state index is 0.218. The molecule has 0 saturated heterocycles. The number of halogens is 2. The van der Waals surface area contributed by atoms with Crippen LogP contribution in [0.4, 0.5) is 4.39 Å². The Bertz CT molecular complexity index is 556. The second-order valence-electron chi connectivity index (χ2n) is 4.49. The average Bonchev–Trinajstić information content (AvgIpc) is 2.74. The number of benzene rings is 1. The predicted molar refractivity (Wildman–Crippen MR) is 81.8 cm³/mol. The summed E-state index contributed by atoms with van der Waals surface area (Å²) >= 11 is 7.66. The summed E-state index contributed by atoms with van der Waals surface area (Å²) in [7, 11) is 0. The lowest BCUT2D eigenvalue weighted by atomic mass is 10.2. The van der Waals surface area contributed by atoms with Crippen LogP contribution in [-0.2, 0) is 6.42 Å². The van der Waals surface area contributed by atoms with Crippen molar-refractivity contribution in [3.05, 3.63) is 29.8 Å². The number of alkyl halides is 1. The van der Waals surface area contributed by atoms with Gasteiger partial charge in [0.05, 0.1) is 11.0 Å². The SMILES string of the molecule is CCC(CSC)n1c(CCCl)nc2ccc(F)cc21. The molecule has 104 valence electrons. The Hall–Kier alpha value is -0.740. The number of hydrogen-bond acceptors (Lipinski definition) is 2. The quantitative estimate of drug-likeness (QED) is 0.741. The number of thioether (sulfide) groups is 1. The van der Waals surface area contributed by atoms with Crippen LogP contribution in [0, 0.1) is 5.82 Å². The van der Waals surface area contributed by atoms with E-state index in [-0.39, 0.29) is 5.82 Å². The van der Waals surface area contributed by atoms with Gasteiger partial charge in [-0.05, 0) is 30.9 Å². The van der Waals surface area contributed by atoms with Crippen LogP contribution >= 0.6 is 23.4 Å². The summed E-state index contributed by atoms with van der Waals surface area (Å²) < 4.78 is 15.7. The highest BCUT2D eigenvalue weighted by Crippen LogP contribution is 2.26. The van der Waals surface area contributed by atoms with Crippen LogP contribution in [0.25, 0.3) is 11.0 Å². The minimum Gasteiger partial charge on any atom is -0.324 e. The zero-order valence-corrected chi connectivity index (χ0v) is 12.8. The predicted octanol–water partition coefficient (Wildman–Crippen LogP) is 4.27. The minimum atomic E-state index is -0.218. The first kappa shape index (κ1) is 14.7. The summed E-state index contributed by atoms with van der Waals surface area (Å²) in [5.41, 5.74) is 1.72. The fourth-order valence-corrected chi connectivity index (χ4v) is 3.29. The van der Waals surface area contributed by atoms with Gasteiger partial charge in [0.1, 0.15) is 11.6 Å². The lowest BCUT2D eigenvalue weighted by Crippen LogP contribution is -2.14. The number of hydrogen-bond donors (Lipinski definition) is 0. The molecule has 0 saturated carbocycles. The number of aryl methyl sites for hydroxylation is 1. The molecule has 0 aliphatic carbocycles. The molecule has 1 aromatic heterocycles. The molecule has 19 heavy (non-hydrogen) atoms. The van der Waals surface area contributed by atoms with Crippen molar-refractivity contribution in [3.63, 3.8) is 0 Å². The van der Waals surface area contributed by atoms with E-state index in [0.717, 1.165) is 29.0 Å². The summed E-state index contributed by atoms with van der Waals surface area (Å²) in [5, 5.41) is 0. The number of fused-ring (bicyclic) bond motifs is 1. The Labute approximate surface area is 122 Å². The Morgan fingerprint density at radius 1 is 1.47 bits per heavy atom. The van der Waals surface area contributed by atoms with E-state index < -0.39 is 0 Å². The van der Waals surface area contributed by atoms with Crippen LogP contribution in [0.3, 0.4) is 0 Å². The van der Waals surface area contributed by atoms with E-state index in [0.29, 0.717) is 18.3 Å². The molecule has 2 nitrogen and oxygen atoms in total. The molecule has 1 aromatic carbocycles. The van der Waals surface area contributed by atoms with E-state index in [9.17, 15) is 4.39 Å². The Balaban J connectivity index is 2.58. The standard InChI is InChI=1S/C14H18ClFN2S/c1-3-11(9-19-2)18-13-8-10(16)4-5-12(13)17-14(18)6-7-15/h4-5,8,11H,3,6-7,9H2,1-2H3. The molecule has 2 aromatic rings. The number of nitrogens with zero attached hydrogens (tertiary/aromatic N) is 2. The normalized spacial score (nSPS) is 13.1. The van der Waals surface area contributed by atoms with Crippen LogP contribution < -0.4 is 0 Å². The van der Waals surface area contributed by atoms with Crippen molar-refractivity contribution in [1.82, 2.24) is 9.55 Å². The first-order chi connectivity index (χ1) is 9.21. The van der Waals surface area contributed by atoms with E-state index >= 15 is 0 Å². The van der Waals surface area contributed by atoms with Gasteiger partial charge >= 0.3 is 0 Å². The number of rotatable bonds is 6. The van der Waals surface area contributed by atoms with Crippen LogP contribution in [-0.4, -0.2) is 27.4 Å². The maximum Gasteiger partial charge on any atom is 0.125 e. The summed E-state index contributed by atoms with van der Waals surface area (Å²) in [6, 6.07) is 5.10. The van der Waals surface area contributed by atoms with Gasteiger partial charge in [-0.1, -0.05) is 6.92 Å². The van der Waals surface area contributed by atoms with E-state index in [2.05, 4.69) is 22.7 Å². The van der Waals surface area contributed by atoms with E-state index in [1.165, 1.54) is 6.07 Å². The summed E-state index contributed by atoms with van der Waals surface area (Å²) in [4.78, 5) is 4.60. The number of imidazole rings is 1. The van der Waals surface area contributed by atoms with Gasteiger partial charge in [-0.3, -0.25) is 0 Å². The highest BCUT2D eigenvalue weighted by Gasteiger charge is 2.17. The average molecular weight is 301 g/mol. The fraction of sp³-hybridized carbons (Fsp3) is 0.500. The molecule has 0 spiro atoms. The van der Waals surface area contributed by atoms with Crippen molar-refractivity contribution in [2.24, 2.45) is 0 Å². The summed E-state index contributed by atoms with van der Waals surface area (Å²) in [6.45, 7) is 2.15. The maximum atomic E-state index is 13.5. The van der Waals surface area contributed by atoms with Crippen LogP contribution in [0.5, 0.6) is 0 Å². The van der Waals surface area contributed by atoms with Gasteiger partial charge < -0.3 is 4.57 Å². The van der Waals surface area contributed by atoms with Crippen molar-refractivity contribution in [2.45, 2.75) is 25.8 Å². The highest BCUT2D eigenvalue weighted by atomic mass is 35.5. The molecule has 1 unspecified atom stereocenters. The molecule has 2 rings (SSSR count). The lowest BCUT2D eigenvalue weighted by molar-refractivity contribution is 0.532. The third kappa shape index (κ3) is 3.06. The molecule has 5 heteroatoms. The van der Waals surface area contributed by atoms with Gasteiger partial charge in [-0.15, -0.1) is 11.6 Å². The van der Waals surface area contributed by atoms with Crippen LogP contribution in [0.1, 0.15) is 25.2 Å². The molecule has 0 fully saturated rings. The molecule has 0 amide bonds.